The molecule has 4 rings (SSSR count). The van der Waals surface area contributed by atoms with Crippen LogP contribution in [0.3, 0.4) is 0 Å². The van der Waals surface area contributed by atoms with Gasteiger partial charge in [0, 0.05) is 31.7 Å². The highest BCUT2D eigenvalue weighted by Crippen LogP contribution is 2.26. The lowest BCUT2D eigenvalue weighted by molar-refractivity contribution is 0.0538. The summed E-state index contributed by atoms with van der Waals surface area (Å²) in [5.41, 5.74) is 1.24. The number of thiazole rings is 1. The molecule has 8 heteroatoms. The molecule has 5 nitrogen and oxygen atoms in total. The van der Waals surface area contributed by atoms with Crippen LogP contribution < -0.4 is 0 Å². The van der Waals surface area contributed by atoms with Gasteiger partial charge in [0.25, 0.3) is 11.8 Å². The van der Waals surface area contributed by atoms with E-state index in [4.69, 9.17) is 11.6 Å². The number of amides is 2. The topological polar surface area (TPSA) is 53.5 Å². The molecule has 0 saturated carbocycles. The molecule has 1 fully saturated rings. The molecule has 2 amide bonds. The largest absolute Gasteiger partial charge is 0.335 e. The minimum absolute atomic E-state index is 0.0865. The van der Waals surface area contributed by atoms with Gasteiger partial charge < -0.3 is 9.80 Å². The molecule has 0 spiro atoms. The van der Waals surface area contributed by atoms with Crippen molar-refractivity contribution in [1.29, 1.82) is 0 Å². The van der Waals surface area contributed by atoms with E-state index >= 15 is 0 Å². The van der Waals surface area contributed by atoms with Crippen molar-refractivity contribution < 1.29 is 14.0 Å². The first kappa shape index (κ1) is 19.5. The maximum atomic E-state index is 13.2. The Hall–Kier alpha value is -2.77. The van der Waals surface area contributed by atoms with Crippen molar-refractivity contribution in [2.75, 3.05) is 26.2 Å². The number of nitrogens with zero attached hydrogens (tertiary/aromatic N) is 3. The summed E-state index contributed by atoms with van der Waals surface area (Å²) >= 11 is 7.36. The zero-order valence-electron chi connectivity index (χ0n) is 15.3. The zero-order valence-corrected chi connectivity index (χ0v) is 16.9. The van der Waals surface area contributed by atoms with Crippen LogP contribution in [-0.4, -0.2) is 52.8 Å². The minimum Gasteiger partial charge on any atom is -0.335 e. The summed E-state index contributed by atoms with van der Waals surface area (Å²) in [6, 6.07) is 13.4. The number of carbonyl (C=O) groups is 2. The first-order valence-electron chi connectivity index (χ1n) is 9.08. The number of piperazine rings is 1. The van der Waals surface area contributed by atoms with E-state index in [0.29, 0.717) is 31.1 Å². The van der Waals surface area contributed by atoms with Gasteiger partial charge in [-0.2, -0.15) is 0 Å². The Labute approximate surface area is 176 Å². The number of rotatable bonds is 3. The lowest BCUT2D eigenvalue weighted by Crippen LogP contribution is -2.50. The highest BCUT2D eigenvalue weighted by molar-refractivity contribution is 7.16. The second kappa shape index (κ2) is 8.31. The van der Waals surface area contributed by atoms with Crippen LogP contribution in [0.25, 0.3) is 10.6 Å². The number of carbonyl (C=O) groups excluding carboxylic acids is 2. The minimum atomic E-state index is -0.485. The van der Waals surface area contributed by atoms with Gasteiger partial charge in [0.05, 0.1) is 16.8 Å². The van der Waals surface area contributed by atoms with Crippen molar-refractivity contribution in [1.82, 2.24) is 14.8 Å². The van der Waals surface area contributed by atoms with E-state index in [0.717, 1.165) is 16.6 Å². The fraction of sp³-hybridized carbons (Fsp3) is 0.190. The second-order valence-electron chi connectivity index (χ2n) is 6.60. The van der Waals surface area contributed by atoms with E-state index in [9.17, 15) is 14.0 Å². The van der Waals surface area contributed by atoms with E-state index in [1.165, 1.54) is 23.5 Å². The summed E-state index contributed by atoms with van der Waals surface area (Å²) in [6.07, 6.45) is 1.60. The van der Waals surface area contributed by atoms with Gasteiger partial charge in [-0.05, 0) is 18.2 Å². The molecule has 1 aliphatic heterocycles. The molecule has 2 aromatic carbocycles. The molecule has 29 heavy (non-hydrogen) atoms. The van der Waals surface area contributed by atoms with Gasteiger partial charge in [0.15, 0.2) is 0 Å². The van der Waals surface area contributed by atoms with E-state index in [1.54, 1.807) is 16.0 Å². The number of halogens is 2. The van der Waals surface area contributed by atoms with E-state index in [1.807, 2.05) is 30.3 Å². The van der Waals surface area contributed by atoms with Crippen LogP contribution >= 0.6 is 22.9 Å². The average molecular weight is 430 g/mol. The molecule has 3 aromatic rings. The summed E-state index contributed by atoms with van der Waals surface area (Å²) < 4.78 is 13.2. The predicted octanol–water partition coefficient (Wildman–Crippen LogP) is 4.20. The molecule has 0 atom stereocenters. The first-order chi connectivity index (χ1) is 14.0. The van der Waals surface area contributed by atoms with Gasteiger partial charge in [-0.15, -0.1) is 11.3 Å². The fourth-order valence-corrected chi connectivity index (χ4v) is 4.33. The number of hydrogen-bond acceptors (Lipinski definition) is 4. The molecule has 0 bridgehead atoms. The van der Waals surface area contributed by atoms with Crippen LogP contribution in [-0.2, 0) is 0 Å². The predicted molar refractivity (Wildman–Crippen MR) is 111 cm³/mol. The summed E-state index contributed by atoms with van der Waals surface area (Å²) in [7, 11) is 0. The standard InChI is InChI=1S/C21H17ClFN3O2S/c22-17-12-15(23)6-7-16(17)20(27)25-8-10-26(11-9-25)21(28)18-13-24-19(29-18)14-4-2-1-3-5-14/h1-7,12-13H,8-11H2. The quantitative estimate of drug-likeness (QED) is 0.627. The highest BCUT2D eigenvalue weighted by atomic mass is 35.5. The Morgan fingerprint density at radius 1 is 0.966 bits per heavy atom. The molecular weight excluding hydrogens is 413 g/mol. The molecule has 1 aromatic heterocycles. The Morgan fingerprint density at radius 3 is 2.28 bits per heavy atom. The molecule has 0 aliphatic carbocycles. The van der Waals surface area contributed by atoms with Crippen molar-refractivity contribution in [2.24, 2.45) is 0 Å². The smallest absolute Gasteiger partial charge is 0.265 e. The Morgan fingerprint density at radius 2 is 1.62 bits per heavy atom. The maximum Gasteiger partial charge on any atom is 0.265 e. The molecule has 2 heterocycles. The van der Waals surface area contributed by atoms with Gasteiger partial charge in [-0.3, -0.25) is 9.59 Å². The van der Waals surface area contributed by atoms with Crippen molar-refractivity contribution in [2.45, 2.75) is 0 Å². The SMILES string of the molecule is O=C(c1cnc(-c2ccccc2)s1)N1CCN(C(=O)c2ccc(F)cc2Cl)CC1. The summed E-state index contributed by atoms with van der Waals surface area (Å²) in [4.78, 5) is 33.7. The third-order valence-electron chi connectivity index (χ3n) is 4.75. The Kier molecular flexibility index (Phi) is 5.60. The molecule has 0 N–H and O–H groups in total. The third kappa shape index (κ3) is 4.16. The lowest BCUT2D eigenvalue weighted by Gasteiger charge is -2.34. The molecule has 148 valence electrons. The third-order valence-corrected chi connectivity index (χ3v) is 6.10. The average Bonchev–Trinajstić information content (AvgIpc) is 3.24. The molecule has 1 saturated heterocycles. The number of aromatic nitrogens is 1. The molecule has 0 radical (unpaired) electrons. The molecule has 0 unspecified atom stereocenters. The zero-order chi connectivity index (χ0) is 20.4. The summed E-state index contributed by atoms with van der Waals surface area (Å²) in [5, 5.41) is 0.889. The van der Waals surface area contributed by atoms with Crippen LogP contribution in [0.2, 0.25) is 5.02 Å². The highest BCUT2D eigenvalue weighted by Gasteiger charge is 2.27. The second-order valence-corrected chi connectivity index (χ2v) is 8.04. The van der Waals surface area contributed by atoms with Crippen LogP contribution in [0.4, 0.5) is 4.39 Å². The lowest BCUT2D eigenvalue weighted by atomic mass is 10.1. The van der Waals surface area contributed by atoms with Crippen LogP contribution in [0.15, 0.2) is 54.7 Å². The van der Waals surface area contributed by atoms with Crippen LogP contribution in [0.5, 0.6) is 0 Å². The van der Waals surface area contributed by atoms with Gasteiger partial charge in [0.1, 0.15) is 15.7 Å². The Balaban J connectivity index is 1.40. The van der Waals surface area contributed by atoms with Crippen LogP contribution in [0, 0.1) is 5.82 Å². The van der Waals surface area contributed by atoms with Gasteiger partial charge in [-0.25, -0.2) is 9.37 Å². The normalized spacial score (nSPS) is 14.1. The van der Waals surface area contributed by atoms with Crippen molar-refractivity contribution in [3.63, 3.8) is 0 Å². The fourth-order valence-electron chi connectivity index (χ4n) is 3.19. The number of benzene rings is 2. The molecular formula is C21H17ClFN3O2S. The maximum absolute atomic E-state index is 13.2. The molecule has 1 aliphatic rings. The van der Waals surface area contributed by atoms with Crippen molar-refractivity contribution >= 4 is 34.8 Å². The van der Waals surface area contributed by atoms with Crippen LogP contribution in [0.1, 0.15) is 20.0 Å². The van der Waals surface area contributed by atoms with E-state index in [2.05, 4.69) is 4.98 Å². The summed E-state index contributed by atoms with van der Waals surface area (Å²) in [6.45, 7) is 1.62. The van der Waals surface area contributed by atoms with Gasteiger partial charge in [-0.1, -0.05) is 41.9 Å². The van der Waals surface area contributed by atoms with E-state index in [-0.39, 0.29) is 22.4 Å². The Bertz CT molecular complexity index is 1050. The monoisotopic (exact) mass is 429 g/mol. The van der Waals surface area contributed by atoms with Gasteiger partial charge in [0.2, 0.25) is 0 Å². The number of hydrogen-bond donors (Lipinski definition) is 0. The van der Waals surface area contributed by atoms with E-state index < -0.39 is 5.82 Å². The summed E-state index contributed by atoms with van der Waals surface area (Å²) in [5.74, 6) is -0.829. The van der Waals surface area contributed by atoms with Crippen molar-refractivity contribution in [3.8, 4) is 10.6 Å². The van der Waals surface area contributed by atoms with Gasteiger partial charge >= 0.3 is 0 Å². The first-order valence-corrected chi connectivity index (χ1v) is 10.3. The van der Waals surface area contributed by atoms with Crippen molar-refractivity contribution in [3.05, 3.63) is 76.0 Å².